The van der Waals surface area contributed by atoms with Crippen molar-refractivity contribution in [2.75, 3.05) is 13.7 Å². The highest BCUT2D eigenvalue weighted by molar-refractivity contribution is 9.10. The number of benzene rings is 2. The van der Waals surface area contributed by atoms with Crippen LogP contribution in [0.5, 0.6) is 11.5 Å². The Balaban J connectivity index is 2.06. The largest absolute Gasteiger partial charge is 0.493 e. The highest BCUT2D eigenvalue weighted by Gasteiger charge is 2.37. The molecule has 2 aromatic carbocycles. The molecule has 3 rings (SSSR count). The summed E-state index contributed by atoms with van der Waals surface area (Å²) in [6.45, 7) is 3.70. The Hall–Kier alpha value is -3.15. The fourth-order valence-electron chi connectivity index (χ4n) is 3.48. The van der Waals surface area contributed by atoms with Gasteiger partial charge in [-0.15, -0.1) is 0 Å². The van der Waals surface area contributed by atoms with Crippen molar-refractivity contribution >= 4 is 33.5 Å². The first-order valence-corrected chi connectivity index (χ1v) is 11.2. The molecular weight excluding hydrogens is 512 g/mol. The van der Waals surface area contributed by atoms with Gasteiger partial charge < -0.3 is 24.7 Å². The van der Waals surface area contributed by atoms with Crippen LogP contribution in [0.25, 0.3) is 0 Å². The van der Waals surface area contributed by atoms with Crippen molar-refractivity contribution in [3.05, 3.63) is 79.8 Å². The summed E-state index contributed by atoms with van der Waals surface area (Å²) in [7, 11) is 1.50. The van der Waals surface area contributed by atoms with Crippen LogP contribution in [0.2, 0.25) is 5.02 Å². The maximum atomic E-state index is 12.8. The van der Waals surface area contributed by atoms with E-state index >= 15 is 0 Å². The van der Waals surface area contributed by atoms with Crippen LogP contribution >= 0.6 is 27.5 Å². The van der Waals surface area contributed by atoms with E-state index in [0.717, 1.165) is 5.56 Å². The van der Waals surface area contributed by atoms with Gasteiger partial charge in [0.05, 0.1) is 25.2 Å². The summed E-state index contributed by atoms with van der Waals surface area (Å²) >= 11 is 9.77. The van der Waals surface area contributed by atoms with Gasteiger partial charge in [-0.1, -0.05) is 45.7 Å². The monoisotopic (exact) mass is 532 g/mol. The number of esters is 1. The molecule has 0 amide bonds. The molecule has 172 valence electrons. The number of nitrogens with two attached hydrogens (primary N) is 1. The molecule has 7 nitrogen and oxygen atoms in total. The number of allylic oxidation sites excluding steroid dienone is 2. The van der Waals surface area contributed by atoms with Crippen molar-refractivity contribution in [3.63, 3.8) is 0 Å². The number of hydrogen-bond donors (Lipinski definition) is 1. The van der Waals surface area contributed by atoms with Crippen LogP contribution in [-0.2, 0) is 20.9 Å². The van der Waals surface area contributed by atoms with E-state index in [2.05, 4.69) is 22.0 Å². The first kappa shape index (κ1) is 24.5. The number of rotatable bonds is 7. The summed E-state index contributed by atoms with van der Waals surface area (Å²) in [5.74, 6) is -0.357. The average molecular weight is 534 g/mol. The number of hydrogen-bond acceptors (Lipinski definition) is 7. The SMILES string of the molecule is CCOC(=O)C1=C(C)OC(N)=C(C#N)C1c1cc(OC)c(OCc2ccccc2Cl)cc1Br. The summed E-state index contributed by atoms with van der Waals surface area (Å²) in [4.78, 5) is 12.8. The van der Waals surface area contributed by atoms with Gasteiger partial charge in [0.2, 0.25) is 5.88 Å². The molecule has 9 heteroatoms. The zero-order valence-electron chi connectivity index (χ0n) is 18.3. The minimum absolute atomic E-state index is 0.0713. The van der Waals surface area contributed by atoms with Gasteiger partial charge in [-0.2, -0.15) is 5.26 Å². The van der Waals surface area contributed by atoms with Gasteiger partial charge in [0.15, 0.2) is 11.5 Å². The third-order valence-corrected chi connectivity index (χ3v) is 6.09. The summed E-state index contributed by atoms with van der Waals surface area (Å²) in [6, 6.07) is 12.8. The Bertz CT molecular complexity index is 1190. The molecule has 0 saturated heterocycles. The Labute approximate surface area is 205 Å². The van der Waals surface area contributed by atoms with Gasteiger partial charge in [0, 0.05) is 15.1 Å². The van der Waals surface area contributed by atoms with Crippen molar-refractivity contribution in [2.45, 2.75) is 26.4 Å². The minimum atomic E-state index is -0.816. The molecule has 0 aromatic heterocycles. The summed E-state index contributed by atoms with van der Waals surface area (Å²) in [6.07, 6.45) is 0. The summed E-state index contributed by atoms with van der Waals surface area (Å²) in [5, 5.41) is 10.4. The quantitative estimate of drug-likeness (QED) is 0.479. The first-order valence-electron chi connectivity index (χ1n) is 10.0. The van der Waals surface area contributed by atoms with Crippen LogP contribution in [0.4, 0.5) is 0 Å². The van der Waals surface area contributed by atoms with Crippen LogP contribution in [-0.4, -0.2) is 19.7 Å². The Morgan fingerprint density at radius 1 is 1.30 bits per heavy atom. The van der Waals surface area contributed by atoms with Crippen molar-refractivity contribution < 1.29 is 23.7 Å². The van der Waals surface area contributed by atoms with Crippen LogP contribution < -0.4 is 15.2 Å². The smallest absolute Gasteiger partial charge is 0.338 e. The predicted molar refractivity (Wildman–Crippen MR) is 126 cm³/mol. The lowest BCUT2D eigenvalue weighted by Gasteiger charge is -2.28. The number of ether oxygens (including phenoxy) is 4. The molecule has 1 atom stereocenters. The average Bonchev–Trinajstić information content (AvgIpc) is 2.78. The standard InChI is InChI=1S/C24H22BrClN2O5/c1-4-31-24(29)21-13(2)33-23(28)16(11-27)22(21)15-9-19(30-3)20(10-17(15)25)32-12-14-7-5-6-8-18(14)26/h5-10,22H,4,12,28H2,1-3H3. The molecule has 0 spiro atoms. The molecule has 33 heavy (non-hydrogen) atoms. The van der Waals surface area contributed by atoms with Gasteiger partial charge in [-0.3, -0.25) is 0 Å². The molecule has 1 aliphatic heterocycles. The van der Waals surface area contributed by atoms with Crippen molar-refractivity contribution in [1.82, 2.24) is 0 Å². The molecule has 1 aliphatic rings. The van der Waals surface area contributed by atoms with Gasteiger partial charge in [-0.05, 0) is 37.6 Å². The number of carbonyl (C=O) groups is 1. The predicted octanol–water partition coefficient (Wildman–Crippen LogP) is 5.33. The van der Waals surface area contributed by atoms with E-state index in [1.54, 1.807) is 32.0 Å². The number of nitrogens with zero attached hydrogens (tertiary/aromatic N) is 1. The fourth-order valence-corrected chi connectivity index (χ4v) is 4.22. The lowest BCUT2D eigenvalue weighted by Crippen LogP contribution is -2.25. The maximum absolute atomic E-state index is 12.8. The second-order valence-corrected chi connectivity index (χ2v) is 8.28. The van der Waals surface area contributed by atoms with Gasteiger partial charge in [0.1, 0.15) is 24.0 Å². The van der Waals surface area contributed by atoms with E-state index in [1.807, 2.05) is 18.2 Å². The molecule has 1 unspecified atom stereocenters. The van der Waals surface area contributed by atoms with Gasteiger partial charge in [-0.25, -0.2) is 4.79 Å². The molecule has 0 fully saturated rings. The zero-order chi connectivity index (χ0) is 24.1. The molecule has 0 aliphatic carbocycles. The highest BCUT2D eigenvalue weighted by Crippen LogP contribution is 2.45. The van der Waals surface area contributed by atoms with Crippen LogP contribution in [0, 0.1) is 11.3 Å². The first-order chi connectivity index (χ1) is 15.8. The number of halogens is 2. The molecule has 2 aromatic rings. The van der Waals surface area contributed by atoms with Crippen LogP contribution in [0.15, 0.2) is 63.7 Å². The lowest BCUT2D eigenvalue weighted by molar-refractivity contribution is -0.139. The zero-order valence-corrected chi connectivity index (χ0v) is 20.6. The van der Waals surface area contributed by atoms with E-state index in [-0.39, 0.29) is 36.0 Å². The lowest BCUT2D eigenvalue weighted by atomic mass is 9.83. The van der Waals surface area contributed by atoms with Crippen LogP contribution in [0.3, 0.4) is 0 Å². The summed E-state index contributed by atoms with van der Waals surface area (Å²) < 4.78 is 22.8. The molecular formula is C24H22BrClN2O5. The third kappa shape index (κ3) is 5.10. The fraction of sp³-hybridized carbons (Fsp3) is 0.250. The van der Waals surface area contributed by atoms with E-state index in [4.69, 9.17) is 36.3 Å². The molecule has 0 radical (unpaired) electrons. The second kappa shape index (κ2) is 10.6. The van der Waals surface area contributed by atoms with E-state index < -0.39 is 11.9 Å². The molecule has 1 heterocycles. The van der Waals surface area contributed by atoms with E-state index in [9.17, 15) is 10.1 Å². The second-order valence-electron chi connectivity index (χ2n) is 7.02. The third-order valence-electron chi connectivity index (χ3n) is 5.04. The normalized spacial score (nSPS) is 15.6. The Kier molecular flexibility index (Phi) is 7.90. The maximum Gasteiger partial charge on any atom is 0.338 e. The van der Waals surface area contributed by atoms with Gasteiger partial charge >= 0.3 is 5.97 Å². The van der Waals surface area contributed by atoms with E-state index in [1.165, 1.54) is 7.11 Å². The highest BCUT2D eigenvalue weighted by atomic mass is 79.9. The number of carbonyl (C=O) groups excluding carboxylic acids is 1. The Morgan fingerprint density at radius 3 is 2.67 bits per heavy atom. The van der Waals surface area contributed by atoms with Crippen molar-refractivity contribution in [1.29, 1.82) is 5.26 Å². The van der Waals surface area contributed by atoms with Crippen LogP contribution in [0.1, 0.15) is 30.9 Å². The number of methoxy groups -OCH3 is 1. The molecule has 0 bridgehead atoms. The summed E-state index contributed by atoms with van der Waals surface area (Å²) in [5.41, 5.74) is 7.66. The molecule has 0 saturated carbocycles. The Morgan fingerprint density at radius 2 is 2.03 bits per heavy atom. The topological polar surface area (TPSA) is 104 Å². The van der Waals surface area contributed by atoms with E-state index in [0.29, 0.717) is 26.6 Å². The van der Waals surface area contributed by atoms with Gasteiger partial charge in [0.25, 0.3) is 0 Å². The molecule has 2 N–H and O–H groups in total. The van der Waals surface area contributed by atoms with Crippen molar-refractivity contribution in [3.8, 4) is 17.6 Å². The number of nitriles is 1. The van der Waals surface area contributed by atoms with Crippen molar-refractivity contribution in [2.24, 2.45) is 5.73 Å². The minimum Gasteiger partial charge on any atom is -0.493 e.